The van der Waals surface area contributed by atoms with Crippen molar-refractivity contribution in [1.82, 2.24) is 5.32 Å². The first-order chi connectivity index (χ1) is 13.3. The maximum Gasteiger partial charge on any atom is 0.320 e. The molecule has 2 rings (SSSR count). The zero-order valence-electron chi connectivity index (χ0n) is 16.2. The summed E-state index contributed by atoms with van der Waals surface area (Å²) >= 11 is 6.02. The number of carbonyl (C=O) groups is 1. The molecule has 7 heteroatoms. The number of ether oxygens (including phenoxy) is 2. The lowest BCUT2D eigenvalue weighted by Crippen LogP contribution is -2.37. The number of aliphatic carboxylic acids is 1. The molecule has 0 spiro atoms. The predicted molar refractivity (Wildman–Crippen MR) is 106 cm³/mol. The van der Waals surface area contributed by atoms with Crippen molar-refractivity contribution in [3.63, 3.8) is 0 Å². The van der Waals surface area contributed by atoms with Crippen LogP contribution in [0.1, 0.15) is 31.4 Å². The van der Waals surface area contributed by atoms with Gasteiger partial charge in [0.1, 0.15) is 18.5 Å². The molecule has 152 valence electrons. The van der Waals surface area contributed by atoms with E-state index in [2.05, 4.69) is 5.32 Å². The predicted octanol–water partition coefficient (Wildman–Crippen LogP) is 4.66. The van der Waals surface area contributed by atoms with E-state index in [1.54, 1.807) is 18.2 Å². The third-order valence-corrected chi connectivity index (χ3v) is 4.54. The van der Waals surface area contributed by atoms with E-state index in [0.717, 1.165) is 5.56 Å². The highest BCUT2D eigenvalue weighted by Gasteiger charge is 2.18. The molecule has 0 saturated carbocycles. The Bertz CT molecular complexity index is 813. The number of rotatable bonds is 10. The molecule has 1 unspecified atom stereocenters. The van der Waals surface area contributed by atoms with Crippen LogP contribution in [0.4, 0.5) is 4.39 Å². The van der Waals surface area contributed by atoms with Gasteiger partial charge in [0.05, 0.1) is 12.1 Å². The third kappa shape index (κ3) is 6.39. The van der Waals surface area contributed by atoms with E-state index in [4.69, 9.17) is 21.1 Å². The lowest BCUT2D eigenvalue weighted by atomic mass is 10.0. The highest BCUT2D eigenvalue weighted by Crippen LogP contribution is 2.30. The van der Waals surface area contributed by atoms with Gasteiger partial charge in [0, 0.05) is 12.1 Å². The van der Waals surface area contributed by atoms with Crippen molar-refractivity contribution in [1.29, 1.82) is 0 Å². The zero-order chi connectivity index (χ0) is 20.7. The number of carboxylic acids is 1. The Morgan fingerprint density at radius 3 is 2.57 bits per heavy atom. The first-order valence-electron chi connectivity index (χ1n) is 9.00. The molecule has 0 aromatic heterocycles. The lowest BCUT2D eigenvalue weighted by molar-refractivity contribution is -0.140. The second-order valence-electron chi connectivity index (χ2n) is 6.91. The second-order valence-corrected chi connectivity index (χ2v) is 7.32. The fraction of sp³-hybridized carbons (Fsp3) is 0.381. The van der Waals surface area contributed by atoms with E-state index in [1.807, 2.05) is 19.9 Å². The molecule has 0 aliphatic heterocycles. The molecule has 0 radical (unpaired) electrons. The largest absolute Gasteiger partial charge is 0.493 e. The van der Waals surface area contributed by atoms with E-state index in [1.165, 1.54) is 19.2 Å². The van der Waals surface area contributed by atoms with E-state index in [-0.39, 0.29) is 12.5 Å². The van der Waals surface area contributed by atoms with Gasteiger partial charge in [-0.1, -0.05) is 37.6 Å². The first kappa shape index (κ1) is 22.0. The number of methoxy groups -OCH3 is 1. The Kier molecular flexibility index (Phi) is 8.08. The van der Waals surface area contributed by atoms with Crippen LogP contribution in [0.2, 0.25) is 5.02 Å². The van der Waals surface area contributed by atoms with Crippen molar-refractivity contribution in [3.05, 3.63) is 58.4 Å². The van der Waals surface area contributed by atoms with Crippen LogP contribution in [0.5, 0.6) is 11.5 Å². The molecule has 1 atom stereocenters. The van der Waals surface area contributed by atoms with Crippen LogP contribution in [0, 0.1) is 11.7 Å². The van der Waals surface area contributed by atoms with E-state index >= 15 is 0 Å². The Balaban J connectivity index is 2.03. The smallest absolute Gasteiger partial charge is 0.320 e. The molecule has 0 saturated heterocycles. The number of halogens is 2. The molecule has 2 aromatic rings. The molecule has 2 aromatic carbocycles. The van der Waals surface area contributed by atoms with Crippen LogP contribution < -0.4 is 14.8 Å². The van der Waals surface area contributed by atoms with Crippen molar-refractivity contribution < 1.29 is 23.8 Å². The first-order valence-corrected chi connectivity index (χ1v) is 9.37. The lowest BCUT2D eigenvalue weighted by Gasteiger charge is -2.17. The van der Waals surface area contributed by atoms with Crippen LogP contribution in [-0.2, 0) is 17.9 Å². The molecule has 5 nitrogen and oxygen atoms in total. The number of carboxylic acid groups (broad SMARTS) is 1. The van der Waals surface area contributed by atoms with Gasteiger partial charge >= 0.3 is 5.97 Å². The average Bonchev–Trinajstić information content (AvgIpc) is 2.64. The third-order valence-electron chi connectivity index (χ3n) is 4.18. The summed E-state index contributed by atoms with van der Waals surface area (Å²) in [6.45, 7) is 4.53. The summed E-state index contributed by atoms with van der Waals surface area (Å²) in [6.07, 6.45) is 0.548. The minimum absolute atomic E-state index is 0.169. The van der Waals surface area contributed by atoms with Crippen LogP contribution >= 0.6 is 11.6 Å². The van der Waals surface area contributed by atoms with Crippen molar-refractivity contribution in [2.75, 3.05) is 7.11 Å². The van der Waals surface area contributed by atoms with Gasteiger partial charge in [0.2, 0.25) is 0 Å². The van der Waals surface area contributed by atoms with Crippen molar-refractivity contribution >= 4 is 17.6 Å². The fourth-order valence-corrected chi connectivity index (χ4v) is 2.94. The second kappa shape index (κ2) is 10.3. The van der Waals surface area contributed by atoms with Gasteiger partial charge in [-0.2, -0.15) is 0 Å². The highest BCUT2D eigenvalue weighted by atomic mass is 35.5. The minimum Gasteiger partial charge on any atom is -0.493 e. The Morgan fingerprint density at radius 1 is 1.21 bits per heavy atom. The monoisotopic (exact) mass is 409 g/mol. The molecule has 0 fully saturated rings. The SMILES string of the molecule is COc1cc(CNC(CC(C)C)C(=O)O)ccc1OCc1ccc(F)cc1Cl. The number of benzene rings is 2. The fourth-order valence-electron chi connectivity index (χ4n) is 2.72. The maximum atomic E-state index is 13.1. The molecular weight excluding hydrogens is 385 g/mol. The summed E-state index contributed by atoms with van der Waals surface area (Å²) in [7, 11) is 1.53. The van der Waals surface area contributed by atoms with Gasteiger partial charge in [-0.3, -0.25) is 4.79 Å². The molecule has 2 N–H and O–H groups in total. The Labute approximate surface area is 169 Å². The van der Waals surface area contributed by atoms with E-state index in [9.17, 15) is 14.3 Å². The summed E-state index contributed by atoms with van der Waals surface area (Å²) in [5.74, 6) is 0.0474. The van der Waals surface area contributed by atoms with Gasteiger partial charge in [0.25, 0.3) is 0 Å². The molecule has 28 heavy (non-hydrogen) atoms. The van der Waals surface area contributed by atoms with E-state index < -0.39 is 17.8 Å². The average molecular weight is 410 g/mol. The minimum atomic E-state index is -0.864. The molecule has 0 amide bonds. The Morgan fingerprint density at radius 2 is 1.96 bits per heavy atom. The highest BCUT2D eigenvalue weighted by molar-refractivity contribution is 6.31. The van der Waals surface area contributed by atoms with Crippen LogP contribution in [-0.4, -0.2) is 24.2 Å². The van der Waals surface area contributed by atoms with Crippen LogP contribution in [0.25, 0.3) is 0 Å². The summed E-state index contributed by atoms with van der Waals surface area (Å²) in [4.78, 5) is 11.4. The molecule has 0 bridgehead atoms. The molecule has 0 aliphatic rings. The molecular formula is C21H25ClFNO4. The molecule has 0 aliphatic carbocycles. The summed E-state index contributed by atoms with van der Waals surface area (Å²) in [6, 6.07) is 8.92. The number of hydrogen-bond acceptors (Lipinski definition) is 4. The standard InChI is InChI=1S/C21H25ClFNO4/c1-13(2)8-18(21(25)26)24-11-14-4-7-19(20(9-14)27-3)28-12-15-5-6-16(23)10-17(15)22/h4-7,9-10,13,18,24H,8,11-12H2,1-3H3,(H,25,26). The van der Waals surface area contributed by atoms with Crippen molar-refractivity contribution in [2.45, 2.75) is 39.5 Å². The summed E-state index contributed by atoms with van der Waals surface area (Å²) in [5.41, 5.74) is 1.54. The Hall–Kier alpha value is -2.31. The molecule has 0 heterocycles. The van der Waals surface area contributed by atoms with Gasteiger partial charge in [-0.15, -0.1) is 0 Å². The van der Waals surface area contributed by atoms with Crippen molar-refractivity contribution in [2.24, 2.45) is 5.92 Å². The number of hydrogen-bond donors (Lipinski definition) is 2. The number of nitrogens with one attached hydrogen (secondary N) is 1. The van der Waals surface area contributed by atoms with Crippen LogP contribution in [0.15, 0.2) is 36.4 Å². The topological polar surface area (TPSA) is 67.8 Å². The van der Waals surface area contributed by atoms with Gasteiger partial charge in [-0.05, 0) is 42.2 Å². The van der Waals surface area contributed by atoms with E-state index in [0.29, 0.717) is 35.1 Å². The quantitative estimate of drug-likeness (QED) is 0.597. The van der Waals surface area contributed by atoms with Crippen molar-refractivity contribution in [3.8, 4) is 11.5 Å². The van der Waals surface area contributed by atoms with Crippen LogP contribution in [0.3, 0.4) is 0 Å². The zero-order valence-corrected chi connectivity index (χ0v) is 16.9. The summed E-state index contributed by atoms with van der Waals surface area (Å²) < 4.78 is 24.3. The normalized spacial score (nSPS) is 12.1. The van der Waals surface area contributed by atoms with Gasteiger partial charge in [0.15, 0.2) is 11.5 Å². The summed E-state index contributed by atoms with van der Waals surface area (Å²) in [5, 5.41) is 12.7. The van der Waals surface area contributed by atoms with Gasteiger partial charge < -0.3 is 19.9 Å². The maximum absolute atomic E-state index is 13.1. The van der Waals surface area contributed by atoms with Gasteiger partial charge in [-0.25, -0.2) is 4.39 Å².